The molecule has 2 N–H and O–H groups in total. The zero-order valence-corrected chi connectivity index (χ0v) is 14.7. The normalized spacial score (nSPS) is 14.9. The van der Waals surface area contributed by atoms with Crippen LogP contribution in [0.1, 0.15) is 45.4 Å². The second-order valence-electron chi connectivity index (χ2n) is 5.00. The van der Waals surface area contributed by atoms with Gasteiger partial charge in [-0.2, -0.15) is 0 Å². The Morgan fingerprint density at radius 2 is 1.89 bits per heavy atom. The summed E-state index contributed by atoms with van der Waals surface area (Å²) in [6.45, 7) is 5.78. The molecule has 1 aliphatic rings. The minimum atomic E-state index is 0. The zero-order chi connectivity index (χ0) is 13.1. The van der Waals surface area contributed by atoms with Crippen LogP contribution >= 0.6 is 24.0 Å². The van der Waals surface area contributed by atoms with Gasteiger partial charge in [-0.15, -0.1) is 24.0 Å². The van der Waals surface area contributed by atoms with Crippen LogP contribution in [0.15, 0.2) is 4.99 Å². The van der Waals surface area contributed by atoms with Crippen LogP contribution < -0.4 is 10.6 Å². The standard InChI is InChI=1S/C14H29N3O.HI/c1-3-4-5-6-9-16-14(15-2)17-10-11-18-12-13-7-8-13;/h13H,3-12H2,1-2H3,(H2,15,16,17);1H. The molecule has 1 fully saturated rings. The number of unbranched alkanes of at least 4 members (excludes halogenated alkanes) is 3. The molecule has 0 bridgehead atoms. The molecule has 1 rings (SSSR count). The summed E-state index contributed by atoms with van der Waals surface area (Å²) in [5.74, 6) is 1.74. The molecule has 1 saturated carbocycles. The van der Waals surface area contributed by atoms with E-state index in [0.29, 0.717) is 0 Å². The van der Waals surface area contributed by atoms with Crippen LogP contribution in [0.25, 0.3) is 0 Å². The van der Waals surface area contributed by atoms with Crippen molar-refractivity contribution in [3.8, 4) is 0 Å². The van der Waals surface area contributed by atoms with Gasteiger partial charge >= 0.3 is 0 Å². The van der Waals surface area contributed by atoms with Crippen LogP contribution in [0.4, 0.5) is 0 Å². The van der Waals surface area contributed by atoms with E-state index < -0.39 is 0 Å². The quantitative estimate of drug-likeness (QED) is 0.264. The number of halogens is 1. The van der Waals surface area contributed by atoms with Gasteiger partial charge in [0, 0.05) is 26.7 Å². The summed E-state index contributed by atoms with van der Waals surface area (Å²) >= 11 is 0. The van der Waals surface area contributed by atoms with E-state index in [2.05, 4.69) is 22.5 Å². The summed E-state index contributed by atoms with van der Waals surface area (Å²) in [5.41, 5.74) is 0. The van der Waals surface area contributed by atoms with Gasteiger partial charge in [0.1, 0.15) is 0 Å². The molecule has 0 amide bonds. The van der Waals surface area contributed by atoms with Crippen molar-refractivity contribution in [2.24, 2.45) is 10.9 Å². The van der Waals surface area contributed by atoms with Crippen molar-refractivity contribution < 1.29 is 4.74 Å². The molecule has 0 aliphatic heterocycles. The second-order valence-corrected chi connectivity index (χ2v) is 5.00. The van der Waals surface area contributed by atoms with E-state index in [1.807, 2.05) is 7.05 Å². The maximum Gasteiger partial charge on any atom is 0.191 e. The molecule has 0 saturated heterocycles. The monoisotopic (exact) mass is 383 g/mol. The molecular weight excluding hydrogens is 353 g/mol. The van der Waals surface area contributed by atoms with Gasteiger partial charge in [0.2, 0.25) is 0 Å². The molecule has 4 nitrogen and oxygen atoms in total. The summed E-state index contributed by atoms with van der Waals surface area (Å²) in [6.07, 6.45) is 7.83. The number of nitrogens with zero attached hydrogens (tertiary/aromatic N) is 1. The zero-order valence-electron chi connectivity index (χ0n) is 12.4. The highest BCUT2D eigenvalue weighted by atomic mass is 127. The number of aliphatic imine (C=N–C) groups is 1. The molecule has 0 unspecified atom stereocenters. The van der Waals surface area contributed by atoms with Crippen LogP contribution in [0, 0.1) is 5.92 Å². The highest BCUT2D eigenvalue weighted by molar-refractivity contribution is 14.0. The van der Waals surface area contributed by atoms with Gasteiger partial charge in [-0.05, 0) is 25.2 Å². The predicted molar refractivity (Wildman–Crippen MR) is 92.5 cm³/mol. The third-order valence-corrected chi connectivity index (χ3v) is 3.14. The maximum atomic E-state index is 5.56. The summed E-state index contributed by atoms with van der Waals surface area (Å²) in [6, 6.07) is 0. The first-order valence-corrected chi connectivity index (χ1v) is 7.39. The molecular formula is C14H30IN3O. The van der Waals surface area contributed by atoms with Gasteiger partial charge in [-0.3, -0.25) is 4.99 Å². The van der Waals surface area contributed by atoms with E-state index in [1.54, 1.807) is 0 Å². The van der Waals surface area contributed by atoms with Crippen LogP contribution in [0.3, 0.4) is 0 Å². The van der Waals surface area contributed by atoms with Crippen molar-refractivity contribution >= 4 is 29.9 Å². The fourth-order valence-corrected chi connectivity index (χ4v) is 1.76. The van der Waals surface area contributed by atoms with Crippen molar-refractivity contribution in [3.63, 3.8) is 0 Å². The number of ether oxygens (including phenoxy) is 1. The van der Waals surface area contributed by atoms with Crippen LogP contribution in [0.5, 0.6) is 0 Å². The molecule has 5 heteroatoms. The largest absolute Gasteiger partial charge is 0.379 e. The first kappa shape index (κ1) is 19.0. The van der Waals surface area contributed by atoms with Gasteiger partial charge in [-0.1, -0.05) is 26.2 Å². The van der Waals surface area contributed by atoms with E-state index in [9.17, 15) is 0 Å². The lowest BCUT2D eigenvalue weighted by molar-refractivity contribution is 0.129. The smallest absolute Gasteiger partial charge is 0.191 e. The lowest BCUT2D eigenvalue weighted by Gasteiger charge is -2.11. The van der Waals surface area contributed by atoms with Gasteiger partial charge in [0.25, 0.3) is 0 Å². The first-order chi connectivity index (χ1) is 8.86. The Labute approximate surface area is 135 Å². The minimum absolute atomic E-state index is 0. The molecule has 0 aromatic carbocycles. The van der Waals surface area contributed by atoms with Crippen LogP contribution in [-0.4, -0.2) is 39.3 Å². The molecule has 0 aromatic rings. The van der Waals surface area contributed by atoms with E-state index in [0.717, 1.165) is 38.2 Å². The molecule has 0 radical (unpaired) electrons. The van der Waals surface area contributed by atoms with Crippen molar-refractivity contribution in [1.29, 1.82) is 0 Å². The molecule has 1 aliphatic carbocycles. The summed E-state index contributed by atoms with van der Waals surface area (Å²) < 4.78 is 5.56. The van der Waals surface area contributed by atoms with Crippen molar-refractivity contribution in [2.45, 2.75) is 45.4 Å². The predicted octanol–water partition coefficient (Wildman–Crippen LogP) is 2.78. The topological polar surface area (TPSA) is 45.7 Å². The molecule has 19 heavy (non-hydrogen) atoms. The fraction of sp³-hybridized carbons (Fsp3) is 0.929. The molecule has 114 valence electrons. The Bertz CT molecular complexity index is 233. The second kappa shape index (κ2) is 13.0. The highest BCUT2D eigenvalue weighted by Crippen LogP contribution is 2.28. The van der Waals surface area contributed by atoms with Crippen LogP contribution in [0.2, 0.25) is 0 Å². The average molecular weight is 383 g/mol. The van der Waals surface area contributed by atoms with Crippen molar-refractivity contribution in [2.75, 3.05) is 33.4 Å². The number of hydrogen-bond donors (Lipinski definition) is 2. The Hall–Kier alpha value is -0.0400. The average Bonchev–Trinajstić information content (AvgIpc) is 3.19. The lowest BCUT2D eigenvalue weighted by atomic mass is 10.2. The molecule has 0 heterocycles. The van der Waals surface area contributed by atoms with Gasteiger partial charge < -0.3 is 15.4 Å². The van der Waals surface area contributed by atoms with E-state index >= 15 is 0 Å². The molecule has 0 atom stereocenters. The highest BCUT2D eigenvalue weighted by Gasteiger charge is 2.20. The minimum Gasteiger partial charge on any atom is -0.379 e. The van der Waals surface area contributed by atoms with Crippen molar-refractivity contribution in [1.82, 2.24) is 10.6 Å². The SMILES string of the molecule is CCCCCCNC(=NC)NCCOCC1CC1.I. The Kier molecular flexibility index (Phi) is 12.9. The Morgan fingerprint density at radius 1 is 1.16 bits per heavy atom. The Morgan fingerprint density at radius 3 is 2.53 bits per heavy atom. The van der Waals surface area contributed by atoms with Crippen LogP contribution in [-0.2, 0) is 4.74 Å². The fourth-order valence-electron chi connectivity index (χ4n) is 1.76. The molecule has 0 spiro atoms. The van der Waals surface area contributed by atoms with Gasteiger partial charge in [-0.25, -0.2) is 0 Å². The van der Waals surface area contributed by atoms with Gasteiger partial charge in [0.15, 0.2) is 5.96 Å². The third-order valence-electron chi connectivity index (χ3n) is 3.14. The summed E-state index contributed by atoms with van der Waals surface area (Å²) in [5, 5.41) is 6.59. The van der Waals surface area contributed by atoms with E-state index in [1.165, 1.54) is 38.5 Å². The van der Waals surface area contributed by atoms with E-state index in [-0.39, 0.29) is 24.0 Å². The summed E-state index contributed by atoms with van der Waals surface area (Å²) in [7, 11) is 1.81. The molecule has 0 aromatic heterocycles. The third kappa shape index (κ3) is 11.5. The van der Waals surface area contributed by atoms with Gasteiger partial charge in [0.05, 0.1) is 6.61 Å². The summed E-state index contributed by atoms with van der Waals surface area (Å²) in [4.78, 5) is 4.19. The number of rotatable bonds is 10. The first-order valence-electron chi connectivity index (χ1n) is 7.39. The van der Waals surface area contributed by atoms with Crippen molar-refractivity contribution in [3.05, 3.63) is 0 Å². The number of guanidine groups is 1. The van der Waals surface area contributed by atoms with E-state index in [4.69, 9.17) is 4.74 Å². The Balaban J connectivity index is 0.00000324. The maximum absolute atomic E-state index is 5.56. The number of hydrogen-bond acceptors (Lipinski definition) is 2. The lowest BCUT2D eigenvalue weighted by Crippen LogP contribution is -2.39. The number of nitrogens with one attached hydrogen (secondary N) is 2.